The summed E-state index contributed by atoms with van der Waals surface area (Å²) in [7, 11) is 0. The van der Waals surface area contributed by atoms with E-state index in [1.807, 2.05) is 12.1 Å². The normalized spacial score (nSPS) is 26.5. The average Bonchev–Trinajstić information content (AvgIpc) is 3.01. The Morgan fingerprint density at radius 1 is 1.16 bits per heavy atom. The number of Topliss-reactive ketones (excluding diaryl/α,β-unsaturated/α-hetero) is 1. The Labute approximate surface area is 113 Å². The number of carbonyl (C=O) groups is 1. The smallest absolute Gasteiger partial charge is 0.162 e. The van der Waals surface area contributed by atoms with E-state index >= 15 is 0 Å². The Balaban J connectivity index is 1.77. The largest absolute Gasteiger partial charge is 0.294 e. The highest BCUT2D eigenvalue weighted by atomic mass is 19.1. The molecule has 2 aliphatic carbocycles. The zero-order valence-corrected chi connectivity index (χ0v) is 11.1. The summed E-state index contributed by atoms with van der Waals surface area (Å²) in [5.74, 6) is 0.913. The quantitative estimate of drug-likeness (QED) is 0.719. The number of halogens is 1. The van der Waals surface area contributed by atoms with E-state index in [2.05, 4.69) is 0 Å². The lowest BCUT2D eigenvalue weighted by atomic mass is 9.88. The fourth-order valence-corrected chi connectivity index (χ4v) is 3.55. The fraction of sp³-hybridized carbons (Fsp3) is 0.471. The third-order valence-corrected chi connectivity index (χ3v) is 4.54. The molecule has 0 amide bonds. The van der Waals surface area contributed by atoms with Crippen LogP contribution in [-0.4, -0.2) is 5.78 Å². The number of rotatable bonds is 2. The summed E-state index contributed by atoms with van der Waals surface area (Å²) >= 11 is 0. The van der Waals surface area contributed by atoms with Gasteiger partial charge in [-0.15, -0.1) is 0 Å². The van der Waals surface area contributed by atoms with Crippen molar-refractivity contribution in [1.29, 1.82) is 0 Å². The first-order chi connectivity index (χ1) is 9.24. The molecule has 19 heavy (non-hydrogen) atoms. The molecule has 2 saturated carbocycles. The molecule has 1 nitrogen and oxygen atoms in total. The SMILES string of the molecule is O=C1C(=Cc2cccc(F)c2)CCC1C1CCCC1. The first kappa shape index (κ1) is 12.6. The van der Waals surface area contributed by atoms with Crippen molar-refractivity contribution < 1.29 is 9.18 Å². The van der Waals surface area contributed by atoms with E-state index < -0.39 is 0 Å². The first-order valence-electron chi connectivity index (χ1n) is 7.24. The third kappa shape index (κ3) is 2.63. The molecule has 2 aliphatic rings. The van der Waals surface area contributed by atoms with E-state index in [1.54, 1.807) is 6.07 Å². The molecular weight excluding hydrogens is 239 g/mol. The minimum absolute atomic E-state index is 0.238. The van der Waals surface area contributed by atoms with Crippen molar-refractivity contribution in [3.8, 4) is 0 Å². The standard InChI is InChI=1S/C17H19FO/c18-15-7-3-4-12(11-15)10-14-8-9-16(17(14)19)13-5-1-2-6-13/h3-4,7,10-11,13,16H,1-2,5-6,8-9H2. The molecule has 0 bridgehead atoms. The molecule has 0 saturated heterocycles. The molecule has 1 atom stereocenters. The maximum Gasteiger partial charge on any atom is 0.162 e. The van der Waals surface area contributed by atoms with Gasteiger partial charge in [0.25, 0.3) is 0 Å². The van der Waals surface area contributed by atoms with Crippen LogP contribution >= 0.6 is 0 Å². The molecule has 2 heteroatoms. The Morgan fingerprint density at radius 3 is 2.68 bits per heavy atom. The molecule has 0 N–H and O–H groups in total. The van der Waals surface area contributed by atoms with Crippen molar-refractivity contribution in [2.75, 3.05) is 0 Å². The highest BCUT2D eigenvalue weighted by Gasteiger charge is 2.36. The molecule has 100 valence electrons. The van der Waals surface area contributed by atoms with Crippen molar-refractivity contribution in [3.05, 3.63) is 41.2 Å². The van der Waals surface area contributed by atoms with Crippen molar-refractivity contribution >= 4 is 11.9 Å². The predicted molar refractivity (Wildman–Crippen MR) is 74.1 cm³/mol. The van der Waals surface area contributed by atoms with Crippen LogP contribution in [0.2, 0.25) is 0 Å². The maximum atomic E-state index is 13.1. The number of carbonyl (C=O) groups excluding carboxylic acids is 1. The lowest BCUT2D eigenvalue weighted by Crippen LogP contribution is -2.16. The zero-order valence-electron chi connectivity index (χ0n) is 11.1. The molecule has 0 spiro atoms. The summed E-state index contributed by atoms with van der Waals surface area (Å²) in [6.45, 7) is 0. The van der Waals surface area contributed by atoms with E-state index in [0.29, 0.717) is 11.7 Å². The van der Waals surface area contributed by atoms with Crippen LogP contribution < -0.4 is 0 Å². The highest BCUT2D eigenvalue weighted by molar-refractivity contribution is 6.03. The number of benzene rings is 1. The van der Waals surface area contributed by atoms with E-state index in [-0.39, 0.29) is 11.7 Å². The van der Waals surface area contributed by atoms with Crippen LogP contribution in [-0.2, 0) is 4.79 Å². The van der Waals surface area contributed by atoms with Crippen LogP contribution in [0, 0.1) is 17.7 Å². The average molecular weight is 258 g/mol. The second-order valence-electron chi connectivity index (χ2n) is 5.78. The molecule has 0 aliphatic heterocycles. The van der Waals surface area contributed by atoms with Crippen LogP contribution in [0.3, 0.4) is 0 Å². The molecule has 2 fully saturated rings. The van der Waals surface area contributed by atoms with Crippen molar-refractivity contribution in [2.45, 2.75) is 38.5 Å². The van der Waals surface area contributed by atoms with Gasteiger partial charge in [0.1, 0.15) is 5.82 Å². The number of ketones is 1. The van der Waals surface area contributed by atoms with Crippen LogP contribution in [0.15, 0.2) is 29.8 Å². The van der Waals surface area contributed by atoms with Crippen molar-refractivity contribution in [1.82, 2.24) is 0 Å². The van der Waals surface area contributed by atoms with Gasteiger partial charge in [0.2, 0.25) is 0 Å². The number of allylic oxidation sites excluding steroid dienone is 1. The minimum Gasteiger partial charge on any atom is -0.294 e. The van der Waals surface area contributed by atoms with E-state index in [9.17, 15) is 9.18 Å². The first-order valence-corrected chi connectivity index (χ1v) is 7.24. The van der Waals surface area contributed by atoms with E-state index in [1.165, 1.54) is 37.8 Å². The highest BCUT2D eigenvalue weighted by Crippen LogP contribution is 2.40. The van der Waals surface area contributed by atoms with Crippen LogP contribution in [0.4, 0.5) is 4.39 Å². The van der Waals surface area contributed by atoms with Crippen LogP contribution in [0.5, 0.6) is 0 Å². The number of hydrogen-bond acceptors (Lipinski definition) is 1. The summed E-state index contributed by atoms with van der Waals surface area (Å²) < 4.78 is 13.1. The fourth-order valence-electron chi connectivity index (χ4n) is 3.55. The topological polar surface area (TPSA) is 17.1 Å². The van der Waals surface area contributed by atoms with Crippen LogP contribution in [0.25, 0.3) is 6.08 Å². The van der Waals surface area contributed by atoms with Gasteiger partial charge in [-0.2, -0.15) is 0 Å². The van der Waals surface area contributed by atoms with Gasteiger partial charge in [-0.05, 0) is 60.9 Å². The molecule has 0 heterocycles. The lowest BCUT2D eigenvalue weighted by molar-refractivity contribution is -0.119. The third-order valence-electron chi connectivity index (χ3n) is 4.54. The Kier molecular flexibility index (Phi) is 3.50. The molecular formula is C17H19FO. The summed E-state index contributed by atoms with van der Waals surface area (Å²) in [5, 5.41) is 0. The molecule has 0 radical (unpaired) electrons. The summed E-state index contributed by atoms with van der Waals surface area (Å²) in [6, 6.07) is 6.46. The zero-order chi connectivity index (χ0) is 13.2. The monoisotopic (exact) mass is 258 g/mol. The summed E-state index contributed by atoms with van der Waals surface area (Å²) in [6.07, 6.45) is 8.70. The Hall–Kier alpha value is -1.44. The molecule has 3 rings (SSSR count). The Bertz CT molecular complexity index is 512. The minimum atomic E-state index is -0.243. The van der Waals surface area contributed by atoms with Crippen LogP contribution in [0.1, 0.15) is 44.1 Å². The van der Waals surface area contributed by atoms with Gasteiger partial charge >= 0.3 is 0 Å². The molecule has 1 aromatic carbocycles. The van der Waals surface area contributed by atoms with Gasteiger partial charge in [0.15, 0.2) is 5.78 Å². The lowest BCUT2D eigenvalue weighted by Gasteiger charge is -2.15. The van der Waals surface area contributed by atoms with Gasteiger partial charge in [0, 0.05) is 5.92 Å². The van der Waals surface area contributed by atoms with Crippen molar-refractivity contribution in [3.63, 3.8) is 0 Å². The van der Waals surface area contributed by atoms with Gasteiger partial charge in [-0.25, -0.2) is 4.39 Å². The molecule has 0 aromatic heterocycles. The van der Waals surface area contributed by atoms with Gasteiger partial charge in [-0.3, -0.25) is 4.79 Å². The second-order valence-corrected chi connectivity index (χ2v) is 5.78. The second kappa shape index (κ2) is 5.28. The maximum absolute atomic E-state index is 13.1. The molecule has 1 unspecified atom stereocenters. The molecule has 1 aromatic rings. The van der Waals surface area contributed by atoms with E-state index in [0.717, 1.165) is 24.0 Å². The van der Waals surface area contributed by atoms with Gasteiger partial charge < -0.3 is 0 Å². The summed E-state index contributed by atoms with van der Waals surface area (Å²) in [5.41, 5.74) is 1.69. The van der Waals surface area contributed by atoms with E-state index in [4.69, 9.17) is 0 Å². The number of hydrogen-bond donors (Lipinski definition) is 0. The predicted octanol–water partition coefficient (Wildman–Crippen LogP) is 4.38. The summed E-state index contributed by atoms with van der Waals surface area (Å²) in [4.78, 5) is 12.4. The van der Waals surface area contributed by atoms with Gasteiger partial charge in [-0.1, -0.05) is 25.0 Å². The Morgan fingerprint density at radius 2 is 1.95 bits per heavy atom. The van der Waals surface area contributed by atoms with Crippen molar-refractivity contribution in [2.24, 2.45) is 11.8 Å². The van der Waals surface area contributed by atoms with Gasteiger partial charge in [0.05, 0.1) is 0 Å².